The zero-order valence-corrected chi connectivity index (χ0v) is 14.4. The van der Waals surface area contributed by atoms with E-state index in [4.69, 9.17) is 0 Å². The van der Waals surface area contributed by atoms with Crippen molar-refractivity contribution in [3.63, 3.8) is 0 Å². The Morgan fingerprint density at radius 2 is 1.60 bits per heavy atom. The maximum atomic E-state index is 12.2. The van der Waals surface area contributed by atoms with Crippen LogP contribution in [0.4, 0.5) is 11.4 Å². The molecule has 0 saturated carbocycles. The number of ketones is 1. The van der Waals surface area contributed by atoms with Crippen LogP contribution in [0.3, 0.4) is 0 Å². The van der Waals surface area contributed by atoms with Gasteiger partial charge in [0, 0.05) is 23.1 Å². The number of amides is 1. The third-order valence-corrected chi connectivity index (χ3v) is 3.52. The molecule has 126 valence electrons. The number of aryl methyl sites for hydroxylation is 2. The van der Waals surface area contributed by atoms with Crippen LogP contribution in [0.2, 0.25) is 0 Å². The summed E-state index contributed by atoms with van der Waals surface area (Å²) in [5, 5.41) is 14.8. The smallest absolute Gasteiger partial charge is 0.267 e. The maximum Gasteiger partial charge on any atom is 0.267 e. The Balaban J connectivity index is 2.09. The lowest BCUT2D eigenvalue weighted by Gasteiger charge is -2.07. The number of benzene rings is 2. The SMILES string of the molecule is CC(=O)c1ccc(NC(=O)/C(C#N)=C\Nc2cc(C)cc(C)c2)cc1. The number of nitriles is 1. The van der Waals surface area contributed by atoms with E-state index in [0.29, 0.717) is 11.3 Å². The Hall–Kier alpha value is -3.39. The van der Waals surface area contributed by atoms with Gasteiger partial charge >= 0.3 is 0 Å². The van der Waals surface area contributed by atoms with Gasteiger partial charge in [0.25, 0.3) is 5.91 Å². The van der Waals surface area contributed by atoms with Crippen molar-refractivity contribution in [3.8, 4) is 6.07 Å². The van der Waals surface area contributed by atoms with Gasteiger partial charge in [-0.1, -0.05) is 6.07 Å². The molecule has 0 heterocycles. The minimum absolute atomic E-state index is 0.0465. The molecule has 0 saturated heterocycles. The first-order valence-electron chi connectivity index (χ1n) is 7.76. The molecule has 0 aromatic heterocycles. The topological polar surface area (TPSA) is 82.0 Å². The first-order chi connectivity index (χ1) is 11.9. The third kappa shape index (κ3) is 5.05. The lowest BCUT2D eigenvalue weighted by molar-refractivity contribution is -0.112. The number of nitrogens with zero attached hydrogens (tertiary/aromatic N) is 1. The number of anilines is 2. The number of hydrogen-bond acceptors (Lipinski definition) is 4. The minimum Gasteiger partial charge on any atom is -0.360 e. The molecule has 0 aliphatic heterocycles. The van der Waals surface area contributed by atoms with Crippen LogP contribution in [-0.2, 0) is 4.79 Å². The fourth-order valence-corrected chi connectivity index (χ4v) is 2.35. The number of rotatable bonds is 5. The predicted octanol–water partition coefficient (Wildman–Crippen LogP) is 3.96. The predicted molar refractivity (Wildman–Crippen MR) is 98.3 cm³/mol. The number of nitrogens with one attached hydrogen (secondary N) is 2. The summed E-state index contributed by atoms with van der Waals surface area (Å²) in [4.78, 5) is 23.5. The highest BCUT2D eigenvalue weighted by Gasteiger charge is 2.10. The molecule has 5 heteroatoms. The van der Waals surface area contributed by atoms with Crippen LogP contribution in [0.15, 0.2) is 54.2 Å². The third-order valence-electron chi connectivity index (χ3n) is 3.52. The first-order valence-corrected chi connectivity index (χ1v) is 7.76. The van der Waals surface area contributed by atoms with Crippen LogP contribution < -0.4 is 10.6 Å². The standard InChI is InChI=1S/C20H19N3O2/c1-13-8-14(2)10-19(9-13)22-12-17(11-21)20(25)23-18-6-4-16(5-7-18)15(3)24/h4-10,12,22H,1-3H3,(H,23,25)/b17-12-. The maximum absolute atomic E-state index is 12.2. The summed E-state index contributed by atoms with van der Waals surface area (Å²) in [6.07, 6.45) is 1.38. The first kappa shape index (κ1) is 18.0. The van der Waals surface area contributed by atoms with Crippen LogP contribution in [0.1, 0.15) is 28.4 Å². The van der Waals surface area contributed by atoms with E-state index in [2.05, 4.69) is 10.6 Å². The summed E-state index contributed by atoms with van der Waals surface area (Å²) >= 11 is 0. The molecule has 2 N–H and O–H groups in total. The minimum atomic E-state index is -0.519. The van der Waals surface area contributed by atoms with Gasteiger partial charge in [-0.3, -0.25) is 9.59 Å². The molecule has 0 atom stereocenters. The van der Waals surface area contributed by atoms with E-state index in [1.54, 1.807) is 24.3 Å². The van der Waals surface area contributed by atoms with Crippen molar-refractivity contribution in [2.75, 3.05) is 10.6 Å². The molecule has 5 nitrogen and oxygen atoms in total. The molecule has 2 rings (SSSR count). The zero-order chi connectivity index (χ0) is 18.4. The van der Waals surface area contributed by atoms with Crippen LogP contribution in [0, 0.1) is 25.2 Å². The summed E-state index contributed by atoms with van der Waals surface area (Å²) in [5.74, 6) is -0.567. The van der Waals surface area contributed by atoms with Crippen molar-refractivity contribution in [1.82, 2.24) is 0 Å². The van der Waals surface area contributed by atoms with Gasteiger partial charge in [0.1, 0.15) is 11.6 Å². The highest BCUT2D eigenvalue weighted by Crippen LogP contribution is 2.15. The van der Waals surface area contributed by atoms with E-state index in [1.807, 2.05) is 38.1 Å². The molecule has 0 radical (unpaired) electrons. The van der Waals surface area contributed by atoms with E-state index in [0.717, 1.165) is 16.8 Å². The van der Waals surface area contributed by atoms with Gasteiger partial charge in [-0.15, -0.1) is 0 Å². The molecule has 25 heavy (non-hydrogen) atoms. The van der Waals surface area contributed by atoms with Crippen molar-refractivity contribution in [2.45, 2.75) is 20.8 Å². The molecule has 0 aliphatic carbocycles. The molecule has 0 fully saturated rings. The molecular formula is C20H19N3O2. The Morgan fingerprint density at radius 1 is 1.00 bits per heavy atom. The van der Waals surface area contributed by atoms with Crippen LogP contribution in [-0.4, -0.2) is 11.7 Å². The average molecular weight is 333 g/mol. The van der Waals surface area contributed by atoms with Crippen molar-refractivity contribution in [3.05, 3.63) is 70.9 Å². The highest BCUT2D eigenvalue weighted by molar-refractivity contribution is 6.07. The molecule has 2 aromatic carbocycles. The lowest BCUT2D eigenvalue weighted by atomic mass is 10.1. The van der Waals surface area contributed by atoms with E-state index in [1.165, 1.54) is 13.1 Å². The Morgan fingerprint density at radius 3 is 2.12 bits per heavy atom. The molecule has 0 bridgehead atoms. The molecular weight excluding hydrogens is 314 g/mol. The fraction of sp³-hybridized carbons (Fsp3) is 0.150. The Bertz CT molecular complexity index is 855. The summed E-state index contributed by atoms with van der Waals surface area (Å²) < 4.78 is 0. The molecule has 0 unspecified atom stereocenters. The highest BCUT2D eigenvalue weighted by atomic mass is 16.1. The van der Waals surface area contributed by atoms with Crippen molar-refractivity contribution >= 4 is 23.1 Å². The van der Waals surface area contributed by atoms with E-state index in [-0.39, 0.29) is 11.4 Å². The van der Waals surface area contributed by atoms with Gasteiger partial charge in [0.15, 0.2) is 5.78 Å². The van der Waals surface area contributed by atoms with Crippen LogP contribution in [0.5, 0.6) is 0 Å². The van der Waals surface area contributed by atoms with Gasteiger partial charge < -0.3 is 10.6 Å². The Kier molecular flexibility index (Phi) is 5.70. The van der Waals surface area contributed by atoms with Crippen molar-refractivity contribution in [1.29, 1.82) is 5.26 Å². The van der Waals surface area contributed by atoms with Crippen molar-refractivity contribution in [2.24, 2.45) is 0 Å². The molecule has 0 aliphatic rings. The van der Waals surface area contributed by atoms with Gasteiger partial charge in [0.05, 0.1) is 0 Å². The number of Topliss-reactive ketones (excluding diaryl/α,β-unsaturated/α-hetero) is 1. The van der Waals surface area contributed by atoms with Crippen LogP contribution in [0.25, 0.3) is 0 Å². The van der Waals surface area contributed by atoms with E-state index >= 15 is 0 Å². The molecule has 2 aromatic rings. The second-order valence-electron chi connectivity index (χ2n) is 5.78. The lowest BCUT2D eigenvalue weighted by Crippen LogP contribution is -2.14. The fourth-order valence-electron chi connectivity index (χ4n) is 2.35. The summed E-state index contributed by atoms with van der Waals surface area (Å²) in [5.41, 5.74) is 4.01. The van der Waals surface area contributed by atoms with Gasteiger partial charge in [-0.2, -0.15) is 5.26 Å². The summed E-state index contributed by atoms with van der Waals surface area (Å²) in [6, 6.07) is 14.3. The monoisotopic (exact) mass is 333 g/mol. The van der Waals surface area contributed by atoms with Gasteiger partial charge in [-0.25, -0.2) is 0 Å². The quantitative estimate of drug-likeness (QED) is 0.493. The normalized spacial score (nSPS) is 10.7. The number of carbonyl (C=O) groups excluding carboxylic acids is 2. The Labute approximate surface area is 147 Å². The zero-order valence-electron chi connectivity index (χ0n) is 14.4. The van der Waals surface area contributed by atoms with Gasteiger partial charge in [0.2, 0.25) is 0 Å². The molecule has 1 amide bonds. The molecule has 0 spiro atoms. The van der Waals surface area contributed by atoms with Crippen molar-refractivity contribution < 1.29 is 9.59 Å². The largest absolute Gasteiger partial charge is 0.360 e. The second-order valence-corrected chi connectivity index (χ2v) is 5.78. The van der Waals surface area contributed by atoms with Crippen LogP contribution >= 0.6 is 0 Å². The average Bonchev–Trinajstić information content (AvgIpc) is 2.55. The van der Waals surface area contributed by atoms with E-state index in [9.17, 15) is 14.9 Å². The number of carbonyl (C=O) groups is 2. The number of hydrogen-bond donors (Lipinski definition) is 2. The van der Waals surface area contributed by atoms with Gasteiger partial charge in [-0.05, 0) is 68.3 Å². The van der Waals surface area contributed by atoms with E-state index < -0.39 is 5.91 Å². The summed E-state index contributed by atoms with van der Waals surface area (Å²) in [7, 11) is 0. The second kappa shape index (κ2) is 7.93. The summed E-state index contributed by atoms with van der Waals surface area (Å²) in [6.45, 7) is 5.43.